The summed E-state index contributed by atoms with van der Waals surface area (Å²) < 4.78 is 7.14. The fourth-order valence-corrected chi connectivity index (χ4v) is 3.77. The van der Waals surface area contributed by atoms with E-state index < -0.39 is 5.97 Å². The predicted octanol–water partition coefficient (Wildman–Crippen LogP) is 6.49. The third-order valence-corrected chi connectivity index (χ3v) is 5.37. The zero-order valence-electron chi connectivity index (χ0n) is 16.1. The summed E-state index contributed by atoms with van der Waals surface area (Å²) in [5, 5.41) is 14.8. The Hall–Kier alpha value is -3.31. The van der Waals surface area contributed by atoms with E-state index in [1.54, 1.807) is 18.2 Å². The summed E-state index contributed by atoms with van der Waals surface area (Å²) in [4.78, 5) is 11.2. The van der Waals surface area contributed by atoms with Gasteiger partial charge < -0.3 is 15.2 Å². The van der Waals surface area contributed by atoms with Crippen LogP contribution in [0.5, 0.6) is 5.75 Å². The van der Waals surface area contributed by atoms with E-state index in [9.17, 15) is 9.90 Å². The molecule has 0 unspecified atom stereocenters. The smallest absolute Gasteiger partial charge is 0.335 e. The molecule has 2 N–H and O–H groups in total. The number of halogens is 1. The van der Waals surface area contributed by atoms with Crippen LogP contribution in [-0.2, 0) is 13.2 Å². The first kappa shape index (κ1) is 20.0. The Morgan fingerprint density at radius 1 is 0.900 bits per heavy atom. The lowest BCUT2D eigenvalue weighted by Crippen LogP contribution is -2.05. The molecule has 0 fully saturated rings. The minimum Gasteiger partial charge on any atom is -0.489 e. The highest BCUT2D eigenvalue weighted by atomic mass is 79.9. The van der Waals surface area contributed by atoms with Crippen LogP contribution >= 0.6 is 15.9 Å². The van der Waals surface area contributed by atoms with E-state index in [4.69, 9.17) is 4.74 Å². The molecule has 0 saturated heterocycles. The highest BCUT2D eigenvalue weighted by Crippen LogP contribution is 2.27. The summed E-state index contributed by atoms with van der Waals surface area (Å²) in [6, 6.07) is 27.2. The fraction of sp³-hybridized carbons (Fsp3) is 0.0800. The van der Waals surface area contributed by atoms with Crippen molar-refractivity contribution in [3.63, 3.8) is 0 Å². The van der Waals surface area contributed by atoms with Crippen LogP contribution in [0.2, 0.25) is 0 Å². The number of ether oxygens (including phenoxy) is 1. The number of fused-ring (bicyclic) bond motifs is 1. The van der Waals surface area contributed by atoms with Gasteiger partial charge in [0, 0.05) is 22.3 Å². The molecule has 0 aromatic heterocycles. The van der Waals surface area contributed by atoms with Crippen molar-refractivity contribution < 1.29 is 14.6 Å². The first-order valence-electron chi connectivity index (χ1n) is 9.55. The van der Waals surface area contributed by atoms with Crippen molar-refractivity contribution in [1.29, 1.82) is 0 Å². The second-order valence-electron chi connectivity index (χ2n) is 6.92. The Morgan fingerprint density at radius 3 is 2.57 bits per heavy atom. The highest BCUT2D eigenvalue weighted by Gasteiger charge is 2.08. The van der Waals surface area contributed by atoms with Crippen LogP contribution in [0.25, 0.3) is 10.8 Å². The standard InChI is InChI=1S/C25H20BrNO3/c26-21-11-12-24(30-16-19-8-3-6-17-5-1-2-10-23(17)19)20(13-21)15-27-22-9-4-7-18(14-22)25(28)29/h1-14,27H,15-16H2,(H,28,29). The number of nitrogens with one attached hydrogen (secondary N) is 1. The lowest BCUT2D eigenvalue weighted by molar-refractivity contribution is 0.0697. The minimum absolute atomic E-state index is 0.252. The van der Waals surface area contributed by atoms with Gasteiger partial charge in [0.05, 0.1) is 5.56 Å². The Labute approximate surface area is 183 Å². The van der Waals surface area contributed by atoms with Gasteiger partial charge in [-0.25, -0.2) is 4.79 Å². The first-order chi connectivity index (χ1) is 14.6. The zero-order valence-corrected chi connectivity index (χ0v) is 17.7. The Balaban J connectivity index is 1.52. The topological polar surface area (TPSA) is 58.6 Å². The molecular formula is C25H20BrNO3. The number of hydrogen-bond acceptors (Lipinski definition) is 3. The monoisotopic (exact) mass is 461 g/mol. The number of aromatic carboxylic acids is 1. The molecule has 0 spiro atoms. The predicted molar refractivity (Wildman–Crippen MR) is 123 cm³/mol. The number of carboxylic acid groups (broad SMARTS) is 1. The number of anilines is 1. The molecule has 0 radical (unpaired) electrons. The normalized spacial score (nSPS) is 10.7. The molecule has 0 saturated carbocycles. The number of carbonyl (C=O) groups is 1. The van der Waals surface area contributed by atoms with Crippen LogP contribution in [-0.4, -0.2) is 11.1 Å². The maximum Gasteiger partial charge on any atom is 0.335 e. The van der Waals surface area contributed by atoms with E-state index >= 15 is 0 Å². The first-order valence-corrected chi connectivity index (χ1v) is 10.3. The van der Waals surface area contributed by atoms with Gasteiger partial charge in [0.2, 0.25) is 0 Å². The molecule has 0 aliphatic heterocycles. The second-order valence-corrected chi connectivity index (χ2v) is 7.83. The van der Waals surface area contributed by atoms with E-state index in [1.165, 1.54) is 10.8 Å². The van der Waals surface area contributed by atoms with Crippen molar-refractivity contribution in [1.82, 2.24) is 0 Å². The van der Waals surface area contributed by atoms with E-state index in [2.05, 4.69) is 45.5 Å². The lowest BCUT2D eigenvalue weighted by Gasteiger charge is -2.15. The molecule has 0 atom stereocenters. The Morgan fingerprint density at radius 2 is 1.70 bits per heavy atom. The number of benzene rings is 4. The van der Waals surface area contributed by atoms with Gasteiger partial charge in [0.1, 0.15) is 12.4 Å². The van der Waals surface area contributed by atoms with Crippen molar-refractivity contribution in [2.45, 2.75) is 13.2 Å². The van der Waals surface area contributed by atoms with Gasteiger partial charge in [-0.3, -0.25) is 0 Å². The quantitative estimate of drug-likeness (QED) is 0.330. The van der Waals surface area contributed by atoms with Gasteiger partial charge in [-0.05, 0) is 52.7 Å². The van der Waals surface area contributed by atoms with Gasteiger partial charge in [-0.2, -0.15) is 0 Å². The third kappa shape index (κ3) is 4.63. The van der Waals surface area contributed by atoms with Gasteiger partial charge in [-0.15, -0.1) is 0 Å². The summed E-state index contributed by atoms with van der Waals surface area (Å²) in [5.74, 6) is -0.159. The van der Waals surface area contributed by atoms with Gasteiger partial charge in [0.15, 0.2) is 0 Å². The van der Waals surface area contributed by atoms with Crippen LogP contribution in [0.1, 0.15) is 21.5 Å². The Bertz CT molecular complexity index is 1200. The molecule has 0 heterocycles. The minimum atomic E-state index is -0.944. The summed E-state index contributed by atoms with van der Waals surface area (Å²) in [6.07, 6.45) is 0. The number of rotatable bonds is 7. The van der Waals surface area contributed by atoms with Crippen molar-refractivity contribution in [2.24, 2.45) is 0 Å². The van der Waals surface area contributed by atoms with Crippen molar-refractivity contribution in [3.8, 4) is 5.75 Å². The number of carboxylic acids is 1. The molecular weight excluding hydrogens is 442 g/mol. The van der Waals surface area contributed by atoms with Crippen LogP contribution < -0.4 is 10.1 Å². The maximum absolute atomic E-state index is 11.2. The average molecular weight is 462 g/mol. The summed E-state index contributed by atoms with van der Waals surface area (Å²) in [5.41, 5.74) is 3.10. The molecule has 4 aromatic rings. The van der Waals surface area contributed by atoms with Crippen molar-refractivity contribution >= 4 is 38.4 Å². The van der Waals surface area contributed by atoms with E-state index in [0.717, 1.165) is 27.0 Å². The lowest BCUT2D eigenvalue weighted by atomic mass is 10.1. The van der Waals surface area contributed by atoms with E-state index in [0.29, 0.717) is 13.2 Å². The molecule has 5 heteroatoms. The SMILES string of the molecule is O=C(O)c1cccc(NCc2cc(Br)ccc2OCc2cccc3ccccc23)c1. The third-order valence-electron chi connectivity index (χ3n) is 4.88. The van der Waals surface area contributed by atoms with Crippen LogP contribution in [0, 0.1) is 0 Å². The zero-order chi connectivity index (χ0) is 20.9. The van der Waals surface area contributed by atoms with Crippen LogP contribution in [0.3, 0.4) is 0 Å². The maximum atomic E-state index is 11.2. The molecule has 30 heavy (non-hydrogen) atoms. The summed E-state index contributed by atoms with van der Waals surface area (Å²) in [7, 11) is 0. The largest absolute Gasteiger partial charge is 0.489 e. The van der Waals surface area contributed by atoms with Crippen LogP contribution in [0.4, 0.5) is 5.69 Å². The second kappa shape index (κ2) is 9.01. The van der Waals surface area contributed by atoms with Crippen LogP contribution in [0.15, 0.2) is 89.4 Å². The Kier molecular flexibility index (Phi) is 6.00. The molecule has 0 aliphatic carbocycles. The molecule has 0 bridgehead atoms. The molecule has 150 valence electrons. The summed E-state index contributed by atoms with van der Waals surface area (Å²) >= 11 is 3.52. The average Bonchev–Trinajstić information content (AvgIpc) is 2.77. The summed E-state index contributed by atoms with van der Waals surface area (Å²) in [6.45, 7) is 0.970. The van der Waals surface area contributed by atoms with Gasteiger partial charge in [-0.1, -0.05) is 64.5 Å². The molecule has 0 aliphatic rings. The van der Waals surface area contributed by atoms with Crippen molar-refractivity contribution in [3.05, 3.63) is 106 Å². The molecule has 4 nitrogen and oxygen atoms in total. The van der Waals surface area contributed by atoms with Gasteiger partial charge >= 0.3 is 5.97 Å². The highest BCUT2D eigenvalue weighted by molar-refractivity contribution is 9.10. The molecule has 4 rings (SSSR count). The van der Waals surface area contributed by atoms with E-state index in [1.807, 2.05) is 42.5 Å². The van der Waals surface area contributed by atoms with Gasteiger partial charge in [0.25, 0.3) is 0 Å². The van der Waals surface area contributed by atoms with Crippen molar-refractivity contribution in [2.75, 3.05) is 5.32 Å². The molecule has 0 amide bonds. The molecule has 4 aromatic carbocycles. The number of hydrogen-bond donors (Lipinski definition) is 2. The van der Waals surface area contributed by atoms with E-state index in [-0.39, 0.29) is 5.56 Å². The fourth-order valence-electron chi connectivity index (χ4n) is 3.36.